The fourth-order valence-electron chi connectivity index (χ4n) is 1.82. The van der Waals surface area contributed by atoms with Gasteiger partial charge in [-0.05, 0) is 28.1 Å². The number of amides is 1. The molecule has 3 rings (SSSR count). The van der Waals surface area contributed by atoms with E-state index in [1.54, 1.807) is 6.07 Å². The van der Waals surface area contributed by atoms with Gasteiger partial charge >= 0.3 is 0 Å². The highest BCUT2D eigenvalue weighted by atomic mass is 79.9. The van der Waals surface area contributed by atoms with E-state index in [2.05, 4.69) is 41.5 Å². The fraction of sp³-hybridized carbons (Fsp3) is 0.273. The van der Waals surface area contributed by atoms with Crippen LogP contribution in [-0.4, -0.2) is 31.5 Å². The largest absolute Gasteiger partial charge is 0.354 e. The number of hydrogen-bond donors (Lipinski definition) is 2. The molecule has 0 saturated carbocycles. The number of carbonyl (C=O) groups is 1. The molecule has 2 aliphatic heterocycles. The van der Waals surface area contributed by atoms with Gasteiger partial charge in [0.15, 0.2) is 5.96 Å². The lowest BCUT2D eigenvalue weighted by atomic mass is 10.2. The normalized spacial score (nSPS) is 17.2. The van der Waals surface area contributed by atoms with Crippen LogP contribution in [0, 0.1) is 0 Å². The zero-order chi connectivity index (χ0) is 12.5. The second-order valence-corrected chi connectivity index (χ2v) is 4.69. The molecule has 0 spiro atoms. The highest BCUT2D eigenvalue weighted by Crippen LogP contribution is 2.16. The average molecular weight is 308 g/mol. The minimum atomic E-state index is -0.211. The molecule has 7 heteroatoms. The van der Waals surface area contributed by atoms with Gasteiger partial charge in [-0.3, -0.25) is 14.8 Å². The number of guanidine groups is 1. The minimum Gasteiger partial charge on any atom is -0.354 e. The van der Waals surface area contributed by atoms with Gasteiger partial charge in [-0.15, -0.1) is 0 Å². The molecule has 1 aromatic rings. The number of hydrogen-bond acceptors (Lipinski definition) is 5. The smallest absolute Gasteiger partial charge is 0.267 e. The van der Waals surface area contributed by atoms with Crippen molar-refractivity contribution in [1.82, 2.24) is 5.32 Å². The molecule has 0 fully saturated rings. The summed E-state index contributed by atoms with van der Waals surface area (Å²) in [4.78, 5) is 23.6. The van der Waals surface area contributed by atoms with Crippen LogP contribution in [0.25, 0.3) is 0 Å². The molecular weight excluding hydrogens is 298 g/mol. The molecule has 1 amide bonds. The van der Waals surface area contributed by atoms with E-state index in [0.29, 0.717) is 10.7 Å². The molecule has 0 aliphatic carbocycles. The lowest BCUT2D eigenvalue weighted by molar-refractivity contribution is -0.116. The molecule has 0 atom stereocenters. The summed E-state index contributed by atoms with van der Waals surface area (Å²) in [5, 5.41) is 7.61. The first-order chi connectivity index (χ1) is 8.74. The Kier molecular flexibility index (Phi) is 2.83. The number of anilines is 1. The van der Waals surface area contributed by atoms with Gasteiger partial charge in [0, 0.05) is 6.54 Å². The van der Waals surface area contributed by atoms with Crippen LogP contribution in [0.3, 0.4) is 0 Å². The van der Waals surface area contributed by atoms with Crippen molar-refractivity contribution >= 4 is 33.5 Å². The van der Waals surface area contributed by atoms with E-state index in [9.17, 15) is 4.79 Å². The lowest BCUT2D eigenvalue weighted by Gasteiger charge is -2.09. The Morgan fingerprint density at radius 2 is 2.22 bits per heavy atom. The monoisotopic (exact) mass is 307 g/mol. The maximum absolute atomic E-state index is 11.2. The number of benzene rings is 1. The molecule has 92 valence electrons. The Labute approximate surface area is 111 Å². The molecule has 0 aromatic heterocycles. The van der Waals surface area contributed by atoms with Crippen LogP contribution in [-0.2, 0) is 4.79 Å². The van der Waals surface area contributed by atoms with Crippen molar-refractivity contribution in [1.29, 1.82) is 0 Å². The Balaban J connectivity index is 2.04. The van der Waals surface area contributed by atoms with Crippen molar-refractivity contribution in [3.8, 4) is 0 Å². The maximum Gasteiger partial charge on any atom is 0.267 e. The molecular formula is C11H10BrN5O. The van der Waals surface area contributed by atoms with E-state index < -0.39 is 0 Å². The topological polar surface area (TPSA) is 78.2 Å². The maximum atomic E-state index is 11.2. The van der Waals surface area contributed by atoms with Gasteiger partial charge < -0.3 is 10.6 Å². The standard InChI is InChI=1S/C11H10BrN5O/c12-9-6(17-11-13-3-4-14-11)1-2-7-10(9)15-5-8(18)16-7/h1-2H,3-5H2,(H2,13,14,17). The molecule has 0 radical (unpaired) electrons. The summed E-state index contributed by atoms with van der Waals surface area (Å²) in [6, 6.07) is 3.63. The fourth-order valence-corrected chi connectivity index (χ4v) is 2.38. The predicted molar refractivity (Wildman–Crippen MR) is 70.3 cm³/mol. The zero-order valence-electron chi connectivity index (χ0n) is 9.40. The van der Waals surface area contributed by atoms with Crippen molar-refractivity contribution in [2.24, 2.45) is 15.0 Å². The molecule has 0 saturated heterocycles. The molecule has 0 unspecified atom stereocenters. The number of nitrogens with zero attached hydrogens (tertiary/aromatic N) is 3. The molecule has 2 aliphatic rings. The van der Waals surface area contributed by atoms with Crippen LogP contribution in [0.4, 0.5) is 5.69 Å². The van der Waals surface area contributed by atoms with Crippen LogP contribution in [0.2, 0.25) is 0 Å². The SMILES string of the molecule is O=C1CN=c2c(Br)c(NC3=NCCN3)ccc2=N1. The van der Waals surface area contributed by atoms with Crippen molar-refractivity contribution in [2.45, 2.75) is 0 Å². The van der Waals surface area contributed by atoms with E-state index in [1.165, 1.54) is 0 Å². The second kappa shape index (κ2) is 4.49. The highest BCUT2D eigenvalue weighted by Gasteiger charge is 2.12. The lowest BCUT2D eigenvalue weighted by Crippen LogP contribution is -2.34. The first-order valence-corrected chi connectivity index (χ1v) is 6.33. The van der Waals surface area contributed by atoms with Crippen molar-refractivity contribution in [3.63, 3.8) is 0 Å². The number of aliphatic imine (C=N–C) groups is 1. The van der Waals surface area contributed by atoms with Crippen LogP contribution in [0.15, 0.2) is 31.6 Å². The Hall–Kier alpha value is -1.76. The van der Waals surface area contributed by atoms with Crippen LogP contribution >= 0.6 is 15.9 Å². The van der Waals surface area contributed by atoms with Gasteiger partial charge in [0.2, 0.25) is 0 Å². The quantitative estimate of drug-likeness (QED) is 0.741. The van der Waals surface area contributed by atoms with Gasteiger partial charge in [0.1, 0.15) is 11.9 Å². The summed E-state index contributed by atoms with van der Waals surface area (Å²) in [6.07, 6.45) is 0. The summed E-state index contributed by atoms with van der Waals surface area (Å²) in [5.41, 5.74) is 0.857. The van der Waals surface area contributed by atoms with E-state index in [-0.39, 0.29) is 12.5 Å². The Morgan fingerprint density at radius 3 is 3.00 bits per heavy atom. The summed E-state index contributed by atoms with van der Waals surface area (Å²) in [5.74, 6) is 0.538. The third kappa shape index (κ3) is 2.01. The highest BCUT2D eigenvalue weighted by molar-refractivity contribution is 9.10. The summed E-state index contributed by atoms with van der Waals surface area (Å²) < 4.78 is 0.799. The predicted octanol–water partition coefficient (Wildman–Crippen LogP) is -0.400. The number of fused-ring (bicyclic) bond motifs is 1. The summed E-state index contributed by atoms with van der Waals surface area (Å²) in [7, 11) is 0. The van der Waals surface area contributed by atoms with Crippen molar-refractivity contribution < 1.29 is 4.79 Å². The molecule has 2 N–H and O–H groups in total. The molecule has 1 aromatic carbocycles. The van der Waals surface area contributed by atoms with Gasteiger partial charge in [0.25, 0.3) is 5.91 Å². The number of carbonyl (C=O) groups excluding carboxylic acids is 1. The van der Waals surface area contributed by atoms with Crippen LogP contribution in [0.5, 0.6) is 0 Å². The third-order valence-electron chi connectivity index (χ3n) is 2.64. The van der Waals surface area contributed by atoms with Crippen molar-refractivity contribution in [2.75, 3.05) is 25.0 Å². The van der Waals surface area contributed by atoms with E-state index >= 15 is 0 Å². The summed E-state index contributed by atoms with van der Waals surface area (Å²) in [6.45, 7) is 1.73. The first-order valence-electron chi connectivity index (χ1n) is 5.54. The van der Waals surface area contributed by atoms with E-state index in [0.717, 1.165) is 29.2 Å². The van der Waals surface area contributed by atoms with Crippen molar-refractivity contribution in [3.05, 3.63) is 27.3 Å². The van der Waals surface area contributed by atoms with Crippen LogP contribution < -0.4 is 21.3 Å². The molecule has 18 heavy (non-hydrogen) atoms. The summed E-state index contributed by atoms with van der Waals surface area (Å²) >= 11 is 3.48. The van der Waals surface area contributed by atoms with E-state index in [4.69, 9.17) is 0 Å². The van der Waals surface area contributed by atoms with Crippen LogP contribution in [0.1, 0.15) is 0 Å². The third-order valence-corrected chi connectivity index (χ3v) is 3.44. The van der Waals surface area contributed by atoms with E-state index in [1.807, 2.05) is 6.07 Å². The van der Waals surface area contributed by atoms with Gasteiger partial charge in [0.05, 0.1) is 22.1 Å². The van der Waals surface area contributed by atoms with Gasteiger partial charge in [-0.1, -0.05) is 0 Å². The number of nitrogens with one attached hydrogen (secondary N) is 2. The Bertz CT molecular complexity index is 667. The number of halogens is 1. The molecule has 0 bridgehead atoms. The average Bonchev–Trinajstić information content (AvgIpc) is 2.85. The minimum absolute atomic E-state index is 0.105. The van der Waals surface area contributed by atoms with Gasteiger partial charge in [-0.2, -0.15) is 0 Å². The molecule has 2 heterocycles. The number of rotatable bonds is 1. The zero-order valence-corrected chi connectivity index (χ0v) is 11.0. The second-order valence-electron chi connectivity index (χ2n) is 3.90. The molecule has 6 nitrogen and oxygen atoms in total. The first kappa shape index (κ1) is 11.3. The van der Waals surface area contributed by atoms with Gasteiger partial charge in [-0.25, -0.2) is 4.99 Å². The Morgan fingerprint density at radius 1 is 1.33 bits per heavy atom.